The first-order chi connectivity index (χ1) is 10.1. The molecule has 1 aliphatic rings. The van der Waals surface area contributed by atoms with Crippen LogP contribution in [0.15, 0.2) is 0 Å². The van der Waals surface area contributed by atoms with Crippen molar-refractivity contribution in [1.82, 2.24) is 4.90 Å². The molecule has 0 aromatic carbocycles. The van der Waals surface area contributed by atoms with Gasteiger partial charge in [0, 0.05) is 26.4 Å². The lowest BCUT2D eigenvalue weighted by Crippen LogP contribution is -2.28. The van der Waals surface area contributed by atoms with Gasteiger partial charge in [-0.05, 0) is 37.5 Å². The van der Waals surface area contributed by atoms with Crippen LogP contribution in [0.3, 0.4) is 0 Å². The van der Waals surface area contributed by atoms with Crippen LogP contribution in [0.4, 0.5) is 0 Å². The Hall–Kier alpha value is -1.06. The zero-order valence-corrected chi connectivity index (χ0v) is 13.9. The van der Waals surface area contributed by atoms with Crippen LogP contribution < -0.4 is 0 Å². The average molecular weight is 297 g/mol. The summed E-state index contributed by atoms with van der Waals surface area (Å²) in [6.07, 6.45) is 6.95. The first-order valence-corrected chi connectivity index (χ1v) is 8.49. The van der Waals surface area contributed by atoms with Gasteiger partial charge >= 0.3 is 5.97 Å². The number of unbranched alkanes of at least 4 members (excludes halogenated alkanes) is 2. The summed E-state index contributed by atoms with van der Waals surface area (Å²) >= 11 is 0. The topological polar surface area (TPSA) is 46.6 Å². The maximum absolute atomic E-state index is 12.2. The van der Waals surface area contributed by atoms with Crippen molar-refractivity contribution in [3.8, 4) is 0 Å². The molecule has 0 N–H and O–H groups in total. The van der Waals surface area contributed by atoms with Gasteiger partial charge < -0.3 is 9.64 Å². The number of hydrogen-bond donors (Lipinski definition) is 0. The largest absolute Gasteiger partial charge is 0.466 e. The Morgan fingerprint density at radius 3 is 2.43 bits per heavy atom. The van der Waals surface area contributed by atoms with Crippen LogP contribution >= 0.6 is 0 Å². The van der Waals surface area contributed by atoms with E-state index in [0.717, 1.165) is 32.4 Å². The Bertz CT molecular complexity index is 330. The van der Waals surface area contributed by atoms with Crippen LogP contribution in [0.1, 0.15) is 65.7 Å². The molecule has 0 bridgehead atoms. The Kier molecular flexibility index (Phi) is 8.40. The smallest absolute Gasteiger partial charge is 0.302 e. The van der Waals surface area contributed by atoms with Gasteiger partial charge in [0.2, 0.25) is 5.91 Å². The molecule has 0 aromatic rings. The number of ether oxygens (including phenoxy) is 1. The highest BCUT2D eigenvalue weighted by Crippen LogP contribution is 2.30. The summed E-state index contributed by atoms with van der Waals surface area (Å²) in [6, 6.07) is 0. The first-order valence-electron chi connectivity index (χ1n) is 8.49. The van der Waals surface area contributed by atoms with E-state index < -0.39 is 0 Å². The summed E-state index contributed by atoms with van der Waals surface area (Å²) in [7, 11) is 0. The predicted molar refractivity (Wildman–Crippen MR) is 83.9 cm³/mol. The average Bonchev–Trinajstić information content (AvgIpc) is 2.85. The van der Waals surface area contributed by atoms with Crippen molar-refractivity contribution in [3.05, 3.63) is 0 Å². The number of likely N-dealkylation sites (tertiary alicyclic amines) is 1. The van der Waals surface area contributed by atoms with Gasteiger partial charge in [0.15, 0.2) is 0 Å². The van der Waals surface area contributed by atoms with Crippen molar-refractivity contribution >= 4 is 11.9 Å². The molecule has 1 aliphatic heterocycles. The van der Waals surface area contributed by atoms with Crippen LogP contribution in [0.2, 0.25) is 0 Å². The van der Waals surface area contributed by atoms with E-state index in [1.54, 1.807) is 0 Å². The van der Waals surface area contributed by atoms with Gasteiger partial charge in [-0.15, -0.1) is 0 Å². The van der Waals surface area contributed by atoms with Crippen LogP contribution in [0.25, 0.3) is 0 Å². The Morgan fingerprint density at radius 1 is 1.10 bits per heavy atom. The highest BCUT2D eigenvalue weighted by atomic mass is 16.5. The zero-order valence-electron chi connectivity index (χ0n) is 13.9. The van der Waals surface area contributed by atoms with E-state index in [2.05, 4.69) is 18.7 Å². The van der Waals surface area contributed by atoms with E-state index in [0.29, 0.717) is 30.8 Å². The van der Waals surface area contributed by atoms with Gasteiger partial charge in [-0.1, -0.05) is 26.7 Å². The quantitative estimate of drug-likeness (QED) is 0.484. The Morgan fingerprint density at radius 2 is 1.81 bits per heavy atom. The summed E-state index contributed by atoms with van der Waals surface area (Å²) in [5.41, 5.74) is 0. The second-order valence-corrected chi connectivity index (χ2v) is 6.17. The van der Waals surface area contributed by atoms with E-state index in [1.807, 2.05) is 0 Å². The normalized spacial score (nSPS) is 21.6. The lowest BCUT2D eigenvalue weighted by atomic mass is 9.90. The van der Waals surface area contributed by atoms with Gasteiger partial charge in [-0.2, -0.15) is 0 Å². The van der Waals surface area contributed by atoms with Crippen molar-refractivity contribution in [3.63, 3.8) is 0 Å². The molecule has 1 saturated heterocycles. The molecule has 21 heavy (non-hydrogen) atoms. The molecule has 1 fully saturated rings. The first kappa shape index (κ1) is 18.0. The molecule has 0 aliphatic carbocycles. The number of carbonyl (C=O) groups excluding carboxylic acids is 2. The van der Waals surface area contributed by atoms with Crippen LogP contribution in [0.5, 0.6) is 0 Å². The van der Waals surface area contributed by atoms with Crippen LogP contribution in [0, 0.1) is 11.8 Å². The van der Waals surface area contributed by atoms with E-state index >= 15 is 0 Å². The van der Waals surface area contributed by atoms with Gasteiger partial charge in [0.05, 0.1) is 6.61 Å². The van der Waals surface area contributed by atoms with Gasteiger partial charge in [0.1, 0.15) is 0 Å². The Labute approximate surface area is 129 Å². The van der Waals surface area contributed by atoms with E-state index in [1.165, 1.54) is 26.2 Å². The van der Waals surface area contributed by atoms with Gasteiger partial charge in [-0.3, -0.25) is 9.59 Å². The van der Waals surface area contributed by atoms with Gasteiger partial charge in [-0.25, -0.2) is 0 Å². The highest BCUT2D eigenvalue weighted by molar-refractivity contribution is 5.76. The fourth-order valence-corrected chi connectivity index (χ4v) is 3.23. The lowest BCUT2D eigenvalue weighted by molar-refractivity contribution is -0.141. The maximum atomic E-state index is 12.2. The summed E-state index contributed by atoms with van der Waals surface area (Å²) in [6.45, 7) is 8.26. The van der Waals surface area contributed by atoms with Crippen molar-refractivity contribution in [2.75, 3.05) is 19.7 Å². The van der Waals surface area contributed by atoms with Crippen molar-refractivity contribution in [2.45, 2.75) is 65.7 Å². The van der Waals surface area contributed by atoms with Crippen molar-refractivity contribution in [2.24, 2.45) is 11.8 Å². The second-order valence-electron chi connectivity index (χ2n) is 6.17. The summed E-state index contributed by atoms with van der Waals surface area (Å²) in [5.74, 6) is 1.47. The summed E-state index contributed by atoms with van der Waals surface area (Å²) < 4.78 is 4.88. The molecule has 4 nitrogen and oxygen atoms in total. The number of nitrogens with zero attached hydrogens (tertiary/aromatic N) is 1. The molecule has 0 spiro atoms. The minimum Gasteiger partial charge on any atom is -0.466 e. The third kappa shape index (κ3) is 6.49. The monoisotopic (exact) mass is 297 g/mol. The van der Waals surface area contributed by atoms with E-state index in [9.17, 15) is 9.59 Å². The fourth-order valence-electron chi connectivity index (χ4n) is 3.23. The molecule has 0 saturated carbocycles. The third-order valence-corrected chi connectivity index (χ3v) is 4.45. The molecule has 0 aromatic heterocycles. The zero-order chi connectivity index (χ0) is 15.7. The number of hydrogen-bond acceptors (Lipinski definition) is 3. The van der Waals surface area contributed by atoms with E-state index in [-0.39, 0.29) is 5.97 Å². The number of amides is 1. The van der Waals surface area contributed by atoms with Gasteiger partial charge in [0.25, 0.3) is 0 Å². The second kappa shape index (κ2) is 9.80. The van der Waals surface area contributed by atoms with Crippen LogP contribution in [-0.4, -0.2) is 36.5 Å². The van der Waals surface area contributed by atoms with Crippen molar-refractivity contribution in [1.29, 1.82) is 0 Å². The molecule has 122 valence electrons. The molecular weight excluding hydrogens is 266 g/mol. The molecule has 1 amide bonds. The standard InChI is InChI=1S/C17H31NO3/c1-4-9-16-13-18(12-15(16)5-2)17(20)10-7-6-8-11-21-14(3)19/h15-16H,4-13H2,1-3H3. The Balaban J connectivity index is 2.19. The molecule has 4 heteroatoms. The fraction of sp³-hybridized carbons (Fsp3) is 0.882. The number of carbonyl (C=O) groups is 2. The summed E-state index contributed by atoms with van der Waals surface area (Å²) in [4.78, 5) is 24.9. The third-order valence-electron chi connectivity index (χ3n) is 4.45. The minimum absolute atomic E-state index is 0.226. The molecular formula is C17H31NO3. The molecule has 1 rings (SSSR count). The van der Waals surface area contributed by atoms with E-state index in [4.69, 9.17) is 4.74 Å². The SMILES string of the molecule is CCCC1CN(C(=O)CCCCCOC(C)=O)CC1CC. The molecule has 2 atom stereocenters. The van der Waals surface area contributed by atoms with Crippen LogP contribution in [-0.2, 0) is 14.3 Å². The van der Waals surface area contributed by atoms with Crippen molar-refractivity contribution < 1.29 is 14.3 Å². The highest BCUT2D eigenvalue weighted by Gasteiger charge is 2.32. The lowest BCUT2D eigenvalue weighted by Gasteiger charge is -2.16. The molecule has 0 radical (unpaired) electrons. The number of rotatable bonds is 9. The molecule has 2 unspecified atom stereocenters. The number of esters is 1. The maximum Gasteiger partial charge on any atom is 0.302 e. The molecule has 1 heterocycles. The summed E-state index contributed by atoms with van der Waals surface area (Å²) in [5, 5.41) is 0. The predicted octanol–water partition coefficient (Wildman–Crippen LogP) is 3.39. The minimum atomic E-state index is -0.226.